The summed E-state index contributed by atoms with van der Waals surface area (Å²) in [6, 6.07) is 3.10. The van der Waals surface area contributed by atoms with E-state index in [4.69, 9.17) is 27.2 Å². The molecule has 0 saturated heterocycles. The summed E-state index contributed by atoms with van der Waals surface area (Å²) in [5.74, 6) is -3.51. The fourth-order valence-electron chi connectivity index (χ4n) is 1.05. The second-order valence-electron chi connectivity index (χ2n) is 3.06. The van der Waals surface area contributed by atoms with E-state index in [0.717, 1.165) is 12.1 Å². The highest BCUT2D eigenvalue weighted by atomic mass is 35.5. The Balaban J connectivity index is 3.12. The molecule has 0 aliphatic heterocycles. The molecule has 5 nitrogen and oxygen atoms in total. The van der Waals surface area contributed by atoms with E-state index in [-0.39, 0.29) is 10.8 Å². The van der Waals surface area contributed by atoms with Crippen LogP contribution in [0.15, 0.2) is 29.7 Å². The molecule has 0 unspecified atom stereocenters. The van der Waals surface area contributed by atoms with Crippen LogP contribution in [-0.4, -0.2) is 21.2 Å². The average Bonchev–Trinajstić information content (AvgIpc) is 2.13. The lowest BCUT2D eigenvalue weighted by molar-refractivity contribution is -0.132. The van der Waals surface area contributed by atoms with Gasteiger partial charge in [-0.05, 0) is 12.1 Å². The standard InChI is InChI=1S/C10H7ClFNO4S/c11-4-1-5(12)3-6(2-4)17-10(16)7(8(13)18)9(14)15/h1-3,16H,(H2,13,18)(H,14,15). The Bertz CT molecular complexity index is 510. The largest absolute Gasteiger partial charge is 0.480 e. The van der Waals surface area contributed by atoms with Crippen molar-refractivity contribution < 1.29 is 24.1 Å². The first-order chi connectivity index (χ1) is 8.31. The number of carboxylic acids is 1. The Morgan fingerprint density at radius 2 is 2.00 bits per heavy atom. The molecular weight excluding hydrogens is 285 g/mol. The van der Waals surface area contributed by atoms with Gasteiger partial charge in [0.05, 0.1) is 0 Å². The molecule has 0 aliphatic carbocycles. The van der Waals surface area contributed by atoms with Gasteiger partial charge in [0.25, 0.3) is 5.95 Å². The van der Waals surface area contributed by atoms with Crippen LogP contribution in [0.2, 0.25) is 5.02 Å². The number of nitrogens with two attached hydrogens (primary N) is 1. The van der Waals surface area contributed by atoms with Crippen molar-refractivity contribution >= 4 is 34.8 Å². The van der Waals surface area contributed by atoms with Crippen LogP contribution in [0.1, 0.15) is 0 Å². The number of benzene rings is 1. The Morgan fingerprint density at radius 3 is 2.44 bits per heavy atom. The molecule has 0 aromatic heterocycles. The topological polar surface area (TPSA) is 92.8 Å². The highest BCUT2D eigenvalue weighted by Gasteiger charge is 2.19. The Kier molecular flexibility index (Phi) is 4.46. The predicted molar refractivity (Wildman–Crippen MR) is 66.1 cm³/mol. The Hall–Kier alpha value is -1.86. The molecule has 1 aromatic rings. The molecule has 0 atom stereocenters. The molecule has 0 amide bonds. The summed E-state index contributed by atoms with van der Waals surface area (Å²) in [5.41, 5.74) is 4.32. The number of aliphatic hydroxyl groups excluding tert-OH is 1. The number of aliphatic hydroxyl groups is 1. The molecule has 1 rings (SSSR count). The third kappa shape index (κ3) is 3.57. The number of carboxylic acid groups (broad SMARTS) is 1. The maximum atomic E-state index is 13.0. The summed E-state index contributed by atoms with van der Waals surface area (Å²) < 4.78 is 17.7. The second-order valence-corrected chi connectivity index (χ2v) is 3.93. The molecule has 0 radical (unpaired) electrons. The van der Waals surface area contributed by atoms with Crippen LogP contribution < -0.4 is 10.5 Å². The van der Waals surface area contributed by atoms with E-state index in [1.807, 2.05) is 0 Å². The monoisotopic (exact) mass is 291 g/mol. The lowest BCUT2D eigenvalue weighted by atomic mass is 10.3. The van der Waals surface area contributed by atoms with E-state index in [0.29, 0.717) is 0 Å². The first-order valence-corrected chi connectivity index (χ1v) is 5.20. The minimum Gasteiger partial charge on any atom is -0.480 e. The van der Waals surface area contributed by atoms with Gasteiger partial charge in [-0.25, -0.2) is 9.18 Å². The number of ether oxygens (including phenoxy) is 1. The SMILES string of the molecule is NC(=S)C(C(=O)O)=C(O)Oc1cc(F)cc(Cl)c1. The van der Waals surface area contributed by atoms with E-state index in [1.54, 1.807) is 0 Å². The maximum Gasteiger partial charge on any atom is 0.346 e. The lowest BCUT2D eigenvalue weighted by Gasteiger charge is -2.07. The molecule has 0 bridgehead atoms. The van der Waals surface area contributed by atoms with Gasteiger partial charge in [0.1, 0.15) is 16.6 Å². The first-order valence-electron chi connectivity index (χ1n) is 4.41. The fraction of sp³-hybridized carbons (Fsp3) is 0. The predicted octanol–water partition coefficient (Wildman–Crippen LogP) is 2.00. The van der Waals surface area contributed by atoms with Crippen molar-refractivity contribution in [2.24, 2.45) is 5.73 Å². The second kappa shape index (κ2) is 5.65. The van der Waals surface area contributed by atoms with Gasteiger partial charge in [-0.3, -0.25) is 0 Å². The van der Waals surface area contributed by atoms with Crippen LogP contribution in [0, 0.1) is 5.82 Å². The van der Waals surface area contributed by atoms with Crippen LogP contribution >= 0.6 is 23.8 Å². The van der Waals surface area contributed by atoms with E-state index in [9.17, 15) is 14.3 Å². The zero-order valence-electron chi connectivity index (χ0n) is 8.68. The van der Waals surface area contributed by atoms with Gasteiger partial charge < -0.3 is 20.7 Å². The maximum absolute atomic E-state index is 13.0. The van der Waals surface area contributed by atoms with Crippen molar-refractivity contribution in [3.63, 3.8) is 0 Å². The van der Waals surface area contributed by atoms with Crippen LogP contribution in [0.3, 0.4) is 0 Å². The first kappa shape index (κ1) is 14.2. The van der Waals surface area contributed by atoms with Crippen molar-refractivity contribution in [2.75, 3.05) is 0 Å². The molecular formula is C10H7ClFNO4S. The van der Waals surface area contributed by atoms with Crippen molar-refractivity contribution in [2.45, 2.75) is 0 Å². The van der Waals surface area contributed by atoms with Gasteiger partial charge in [-0.2, -0.15) is 0 Å². The van der Waals surface area contributed by atoms with E-state index in [2.05, 4.69) is 12.2 Å². The third-order valence-electron chi connectivity index (χ3n) is 1.72. The molecule has 8 heteroatoms. The van der Waals surface area contributed by atoms with Gasteiger partial charge in [0, 0.05) is 11.1 Å². The highest BCUT2D eigenvalue weighted by molar-refractivity contribution is 7.80. The van der Waals surface area contributed by atoms with Gasteiger partial charge in [0.2, 0.25) is 0 Å². The molecule has 0 spiro atoms. The molecule has 18 heavy (non-hydrogen) atoms. The Labute approximate surface area is 111 Å². The molecule has 0 fully saturated rings. The summed E-state index contributed by atoms with van der Waals surface area (Å²) in [5, 5.41) is 18.2. The molecule has 4 N–H and O–H groups in total. The number of hydrogen-bond acceptors (Lipinski definition) is 4. The number of rotatable bonds is 4. The number of halogens is 2. The zero-order valence-corrected chi connectivity index (χ0v) is 10.3. The van der Waals surface area contributed by atoms with Crippen molar-refractivity contribution in [1.82, 2.24) is 0 Å². The van der Waals surface area contributed by atoms with Crippen LogP contribution in [0.4, 0.5) is 4.39 Å². The molecule has 0 heterocycles. The zero-order chi connectivity index (χ0) is 13.9. The number of thiocarbonyl (C=S) groups is 1. The fourth-order valence-corrected chi connectivity index (χ4v) is 1.44. The lowest BCUT2D eigenvalue weighted by Crippen LogP contribution is -2.22. The van der Waals surface area contributed by atoms with Gasteiger partial charge in [0.15, 0.2) is 5.57 Å². The molecule has 96 valence electrons. The van der Waals surface area contributed by atoms with E-state index < -0.39 is 28.3 Å². The van der Waals surface area contributed by atoms with E-state index >= 15 is 0 Å². The number of hydrogen-bond donors (Lipinski definition) is 3. The number of carbonyl (C=O) groups is 1. The van der Waals surface area contributed by atoms with Crippen molar-refractivity contribution in [1.29, 1.82) is 0 Å². The molecule has 0 aliphatic rings. The van der Waals surface area contributed by atoms with Gasteiger partial charge in [-0.15, -0.1) is 0 Å². The Morgan fingerprint density at radius 1 is 1.39 bits per heavy atom. The summed E-state index contributed by atoms with van der Waals surface area (Å²) in [7, 11) is 0. The quantitative estimate of drug-likeness (QED) is 0.446. The number of aliphatic carboxylic acids is 1. The summed E-state index contributed by atoms with van der Waals surface area (Å²) in [6.45, 7) is 0. The minimum absolute atomic E-state index is 0.0185. The normalized spacial score (nSPS) is 11.7. The summed E-state index contributed by atoms with van der Waals surface area (Å²) in [4.78, 5) is 10.2. The summed E-state index contributed by atoms with van der Waals surface area (Å²) in [6.07, 6.45) is 0. The average molecular weight is 292 g/mol. The highest BCUT2D eigenvalue weighted by Crippen LogP contribution is 2.22. The minimum atomic E-state index is -1.57. The molecule has 0 saturated carbocycles. The smallest absolute Gasteiger partial charge is 0.346 e. The van der Waals surface area contributed by atoms with Gasteiger partial charge in [-0.1, -0.05) is 23.8 Å². The molecule has 1 aromatic carbocycles. The van der Waals surface area contributed by atoms with Crippen LogP contribution in [0.5, 0.6) is 5.75 Å². The van der Waals surface area contributed by atoms with E-state index in [1.165, 1.54) is 6.07 Å². The van der Waals surface area contributed by atoms with Crippen LogP contribution in [0.25, 0.3) is 0 Å². The van der Waals surface area contributed by atoms with Crippen LogP contribution in [-0.2, 0) is 4.79 Å². The van der Waals surface area contributed by atoms with Crippen molar-refractivity contribution in [3.8, 4) is 5.75 Å². The third-order valence-corrected chi connectivity index (χ3v) is 2.15. The summed E-state index contributed by atoms with van der Waals surface area (Å²) >= 11 is 9.99. The van der Waals surface area contributed by atoms with Gasteiger partial charge >= 0.3 is 5.97 Å². The van der Waals surface area contributed by atoms with Crippen molar-refractivity contribution in [3.05, 3.63) is 40.6 Å².